The number of aromatic nitrogens is 1. The summed E-state index contributed by atoms with van der Waals surface area (Å²) in [7, 11) is 0. The van der Waals surface area contributed by atoms with Crippen LogP contribution in [0.15, 0.2) is 42.6 Å². The zero-order valence-electron chi connectivity index (χ0n) is 13.4. The van der Waals surface area contributed by atoms with Crippen LogP contribution in [0.2, 0.25) is 0 Å². The fourth-order valence-corrected chi connectivity index (χ4v) is 2.89. The van der Waals surface area contributed by atoms with Gasteiger partial charge in [0.25, 0.3) is 0 Å². The minimum absolute atomic E-state index is 0.0305. The van der Waals surface area contributed by atoms with Gasteiger partial charge in [0, 0.05) is 38.1 Å². The fourth-order valence-electron chi connectivity index (χ4n) is 2.89. The van der Waals surface area contributed by atoms with Crippen molar-refractivity contribution in [1.29, 1.82) is 0 Å². The molecular weight excluding hydrogens is 309 g/mol. The quantitative estimate of drug-likeness (QED) is 0.926. The van der Waals surface area contributed by atoms with Gasteiger partial charge in [-0.25, -0.2) is 4.39 Å². The number of amides is 2. The average Bonchev–Trinajstić information content (AvgIpc) is 3.08. The van der Waals surface area contributed by atoms with Gasteiger partial charge < -0.3 is 14.8 Å². The highest BCUT2D eigenvalue weighted by atomic mass is 19.1. The Morgan fingerprint density at radius 3 is 2.21 bits per heavy atom. The predicted octanol–water partition coefficient (Wildman–Crippen LogP) is 1.61. The summed E-state index contributed by atoms with van der Waals surface area (Å²) in [6.45, 7) is 2.11. The number of carbonyl (C=O) groups excluding carboxylic acids is 2. The van der Waals surface area contributed by atoms with E-state index in [1.807, 2.05) is 12.1 Å². The van der Waals surface area contributed by atoms with Crippen molar-refractivity contribution in [2.24, 2.45) is 0 Å². The number of H-pyrrole nitrogens is 1. The molecule has 126 valence electrons. The summed E-state index contributed by atoms with van der Waals surface area (Å²) in [6, 6.07) is 9.85. The van der Waals surface area contributed by atoms with Crippen molar-refractivity contribution in [2.75, 3.05) is 26.2 Å². The van der Waals surface area contributed by atoms with E-state index in [-0.39, 0.29) is 24.1 Å². The number of halogens is 1. The Morgan fingerprint density at radius 1 is 0.958 bits per heavy atom. The van der Waals surface area contributed by atoms with Gasteiger partial charge >= 0.3 is 0 Å². The molecule has 1 aromatic heterocycles. The van der Waals surface area contributed by atoms with Crippen LogP contribution in [-0.2, 0) is 22.4 Å². The second-order valence-electron chi connectivity index (χ2n) is 5.94. The highest BCUT2D eigenvalue weighted by molar-refractivity contribution is 5.80. The number of piperazine rings is 1. The molecule has 5 nitrogen and oxygen atoms in total. The van der Waals surface area contributed by atoms with Crippen LogP contribution in [0.4, 0.5) is 4.39 Å². The van der Waals surface area contributed by atoms with E-state index in [1.165, 1.54) is 12.1 Å². The lowest BCUT2D eigenvalue weighted by Crippen LogP contribution is -2.51. The Bertz CT molecular complexity index is 707. The Kier molecular flexibility index (Phi) is 4.93. The van der Waals surface area contributed by atoms with Crippen LogP contribution in [0.25, 0.3) is 0 Å². The van der Waals surface area contributed by atoms with Crippen LogP contribution >= 0.6 is 0 Å². The molecule has 6 heteroatoms. The smallest absolute Gasteiger partial charge is 0.228 e. The monoisotopic (exact) mass is 329 g/mol. The molecule has 1 N–H and O–H groups in total. The third kappa shape index (κ3) is 4.01. The summed E-state index contributed by atoms with van der Waals surface area (Å²) in [5, 5.41) is 0. The highest BCUT2D eigenvalue weighted by Crippen LogP contribution is 2.10. The standard InChI is InChI=1S/C18H20FN3O2/c19-15-4-1-3-14(11-15)12-17(23)21-7-9-22(10-8-21)18(24)13-16-5-2-6-20-16/h1-6,11,20H,7-10,12-13H2. The van der Waals surface area contributed by atoms with Crippen LogP contribution in [0.5, 0.6) is 0 Å². The molecule has 0 radical (unpaired) electrons. The first kappa shape index (κ1) is 16.2. The van der Waals surface area contributed by atoms with E-state index in [2.05, 4.69) is 4.98 Å². The molecule has 2 aromatic rings. The Labute approximate surface area is 140 Å². The largest absolute Gasteiger partial charge is 0.365 e. The number of rotatable bonds is 4. The molecule has 24 heavy (non-hydrogen) atoms. The second-order valence-corrected chi connectivity index (χ2v) is 5.94. The molecule has 1 saturated heterocycles. The maximum Gasteiger partial charge on any atom is 0.228 e. The zero-order valence-corrected chi connectivity index (χ0v) is 13.4. The first-order valence-electron chi connectivity index (χ1n) is 8.04. The Hall–Kier alpha value is -2.63. The second kappa shape index (κ2) is 7.29. The van der Waals surface area contributed by atoms with Gasteiger partial charge in [0.15, 0.2) is 0 Å². The van der Waals surface area contributed by atoms with Gasteiger partial charge in [-0.05, 0) is 29.8 Å². The third-order valence-corrected chi connectivity index (χ3v) is 4.23. The lowest BCUT2D eigenvalue weighted by atomic mass is 10.1. The average molecular weight is 329 g/mol. The molecule has 1 aliphatic heterocycles. The van der Waals surface area contributed by atoms with Crippen LogP contribution in [0.3, 0.4) is 0 Å². The number of nitrogens with zero attached hydrogens (tertiary/aromatic N) is 2. The summed E-state index contributed by atoms with van der Waals surface area (Å²) in [5.74, 6) is -0.299. The van der Waals surface area contributed by atoms with Crippen molar-refractivity contribution in [2.45, 2.75) is 12.8 Å². The molecule has 0 atom stereocenters. The van der Waals surface area contributed by atoms with E-state index in [4.69, 9.17) is 0 Å². The molecular formula is C18H20FN3O2. The van der Waals surface area contributed by atoms with Crippen molar-refractivity contribution < 1.29 is 14.0 Å². The number of hydrogen-bond acceptors (Lipinski definition) is 2. The lowest BCUT2D eigenvalue weighted by Gasteiger charge is -2.35. The molecule has 0 spiro atoms. The number of nitrogens with one attached hydrogen (secondary N) is 1. The predicted molar refractivity (Wildman–Crippen MR) is 87.8 cm³/mol. The fraction of sp³-hybridized carbons (Fsp3) is 0.333. The van der Waals surface area contributed by atoms with Crippen molar-refractivity contribution in [1.82, 2.24) is 14.8 Å². The van der Waals surface area contributed by atoms with E-state index in [0.717, 1.165) is 5.69 Å². The van der Waals surface area contributed by atoms with E-state index in [9.17, 15) is 14.0 Å². The van der Waals surface area contributed by atoms with Crippen molar-refractivity contribution in [3.8, 4) is 0 Å². The summed E-state index contributed by atoms with van der Waals surface area (Å²) in [6.07, 6.45) is 2.34. The molecule has 3 rings (SSSR count). The number of carbonyl (C=O) groups is 2. The van der Waals surface area contributed by atoms with Crippen LogP contribution < -0.4 is 0 Å². The first-order chi connectivity index (χ1) is 11.6. The topological polar surface area (TPSA) is 56.4 Å². The van der Waals surface area contributed by atoms with Gasteiger partial charge in [-0.1, -0.05) is 12.1 Å². The van der Waals surface area contributed by atoms with Crippen molar-refractivity contribution in [3.63, 3.8) is 0 Å². The molecule has 1 aromatic carbocycles. The van der Waals surface area contributed by atoms with Crippen LogP contribution in [0.1, 0.15) is 11.3 Å². The molecule has 2 amide bonds. The molecule has 2 heterocycles. The highest BCUT2D eigenvalue weighted by Gasteiger charge is 2.24. The van der Waals surface area contributed by atoms with Gasteiger partial charge in [0.2, 0.25) is 11.8 Å². The van der Waals surface area contributed by atoms with Gasteiger partial charge in [-0.3, -0.25) is 9.59 Å². The molecule has 1 aliphatic rings. The van der Waals surface area contributed by atoms with Crippen LogP contribution in [0, 0.1) is 5.82 Å². The minimum Gasteiger partial charge on any atom is -0.365 e. The van der Waals surface area contributed by atoms with E-state index >= 15 is 0 Å². The Balaban J connectivity index is 1.49. The number of aromatic amines is 1. The summed E-state index contributed by atoms with van der Waals surface area (Å²) >= 11 is 0. The first-order valence-corrected chi connectivity index (χ1v) is 8.04. The maximum absolute atomic E-state index is 13.2. The molecule has 0 aliphatic carbocycles. The van der Waals surface area contributed by atoms with Crippen LogP contribution in [-0.4, -0.2) is 52.8 Å². The molecule has 0 unspecified atom stereocenters. The minimum atomic E-state index is -0.333. The van der Waals surface area contributed by atoms with Gasteiger partial charge in [0.05, 0.1) is 12.8 Å². The summed E-state index contributed by atoms with van der Waals surface area (Å²) in [5.41, 5.74) is 1.56. The van der Waals surface area contributed by atoms with Gasteiger partial charge in [-0.15, -0.1) is 0 Å². The third-order valence-electron chi connectivity index (χ3n) is 4.23. The maximum atomic E-state index is 13.2. The summed E-state index contributed by atoms with van der Waals surface area (Å²) < 4.78 is 13.2. The number of hydrogen-bond donors (Lipinski definition) is 1. The number of benzene rings is 1. The zero-order chi connectivity index (χ0) is 16.9. The van der Waals surface area contributed by atoms with E-state index in [0.29, 0.717) is 38.2 Å². The molecule has 0 saturated carbocycles. The SMILES string of the molecule is O=C(Cc1cccc(F)c1)N1CCN(C(=O)Cc2ccc[nH]2)CC1. The van der Waals surface area contributed by atoms with E-state index < -0.39 is 0 Å². The molecule has 1 fully saturated rings. The Morgan fingerprint density at radius 2 is 1.62 bits per heavy atom. The normalized spacial score (nSPS) is 14.7. The van der Waals surface area contributed by atoms with Crippen molar-refractivity contribution >= 4 is 11.8 Å². The van der Waals surface area contributed by atoms with Crippen molar-refractivity contribution in [3.05, 3.63) is 59.7 Å². The van der Waals surface area contributed by atoms with Gasteiger partial charge in [0.1, 0.15) is 5.82 Å². The summed E-state index contributed by atoms with van der Waals surface area (Å²) in [4.78, 5) is 31.1. The van der Waals surface area contributed by atoms with Gasteiger partial charge in [-0.2, -0.15) is 0 Å². The molecule has 0 bridgehead atoms. The van der Waals surface area contributed by atoms with E-state index in [1.54, 1.807) is 28.1 Å². The lowest BCUT2D eigenvalue weighted by molar-refractivity contribution is -0.138.